The number of thioether (sulfide) groups is 1. The molecular weight excluding hydrogens is 228 g/mol. The molecule has 0 aromatic carbocycles. The lowest BCUT2D eigenvalue weighted by Crippen LogP contribution is -2.08. The van der Waals surface area contributed by atoms with Crippen molar-refractivity contribution in [1.82, 2.24) is 0 Å². The van der Waals surface area contributed by atoms with E-state index in [9.17, 15) is 4.79 Å². The molecule has 0 amide bonds. The molecule has 0 bridgehead atoms. The largest absolute Gasteiger partial charge is 0.294 e. The molecule has 0 aromatic rings. The fourth-order valence-electron chi connectivity index (χ4n) is 1.77. The maximum absolute atomic E-state index is 12.1. The summed E-state index contributed by atoms with van der Waals surface area (Å²) in [4.78, 5) is 14.3. The van der Waals surface area contributed by atoms with Gasteiger partial charge in [-0.3, -0.25) is 4.79 Å². The zero-order chi connectivity index (χ0) is 13.1. The Balaban J connectivity index is 2.92. The van der Waals surface area contributed by atoms with Crippen LogP contribution >= 0.6 is 11.8 Å². The molecule has 17 heavy (non-hydrogen) atoms. The van der Waals surface area contributed by atoms with Crippen molar-refractivity contribution in [3.63, 3.8) is 0 Å². The van der Waals surface area contributed by atoms with E-state index < -0.39 is 0 Å². The Hall–Kier alpha value is -0.500. The van der Waals surface area contributed by atoms with Gasteiger partial charge in [-0.05, 0) is 29.1 Å². The Morgan fingerprint density at radius 3 is 2.65 bits per heavy atom. The minimum atomic E-state index is 0.139. The van der Waals surface area contributed by atoms with E-state index in [1.54, 1.807) is 11.8 Å². The van der Waals surface area contributed by atoms with Gasteiger partial charge in [0.1, 0.15) is 0 Å². The predicted octanol–water partition coefficient (Wildman–Crippen LogP) is 4.94. The van der Waals surface area contributed by atoms with Crippen molar-refractivity contribution in [3.05, 3.63) is 22.0 Å². The molecule has 0 aliphatic carbocycles. The molecule has 0 aromatic heterocycles. The van der Waals surface area contributed by atoms with E-state index >= 15 is 0 Å². The van der Waals surface area contributed by atoms with Crippen molar-refractivity contribution in [2.75, 3.05) is 0 Å². The van der Waals surface area contributed by atoms with Gasteiger partial charge < -0.3 is 0 Å². The number of allylic oxidation sites excluding steroid dienone is 4. The first kappa shape index (κ1) is 14.6. The number of hydrogen-bond acceptors (Lipinski definition) is 2. The molecule has 0 spiro atoms. The van der Waals surface area contributed by atoms with E-state index in [4.69, 9.17) is 0 Å². The molecule has 2 heteroatoms. The summed E-state index contributed by atoms with van der Waals surface area (Å²) in [5.41, 5.74) is 0.139. The highest BCUT2D eigenvalue weighted by molar-refractivity contribution is 8.07. The summed E-state index contributed by atoms with van der Waals surface area (Å²) in [6, 6.07) is 0. The van der Waals surface area contributed by atoms with Gasteiger partial charge in [-0.15, -0.1) is 0 Å². The Labute approximate surface area is 110 Å². The summed E-state index contributed by atoms with van der Waals surface area (Å²) in [6.07, 6.45) is 7.10. The monoisotopic (exact) mass is 252 g/mol. The predicted molar refractivity (Wildman–Crippen MR) is 76.9 cm³/mol. The topological polar surface area (TPSA) is 17.1 Å². The first-order chi connectivity index (χ1) is 7.84. The van der Waals surface area contributed by atoms with Crippen molar-refractivity contribution in [2.24, 2.45) is 11.3 Å². The molecule has 1 atom stereocenters. The van der Waals surface area contributed by atoms with E-state index in [0.29, 0.717) is 18.1 Å². The molecule has 0 N–H and O–H groups in total. The summed E-state index contributed by atoms with van der Waals surface area (Å²) in [5.74, 6) is 0.777. The van der Waals surface area contributed by atoms with Crippen LogP contribution < -0.4 is 0 Å². The molecule has 1 heterocycles. The van der Waals surface area contributed by atoms with Crippen molar-refractivity contribution in [2.45, 2.75) is 53.9 Å². The van der Waals surface area contributed by atoms with Crippen LogP contribution in [0.4, 0.5) is 0 Å². The third-order valence-electron chi connectivity index (χ3n) is 2.82. The van der Waals surface area contributed by atoms with Crippen LogP contribution in [0.25, 0.3) is 0 Å². The molecule has 1 nitrogen and oxygen atoms in total. The minimum Gasteiger partial charge on any atom is -0.294 e. The van der Waals surface area contributed by atoms with Gasteiger partial charge in [0, 0.05) is 6.42 Å². The number of hydrogen-bond donors (Lipinski definition) is 0. The van der Waals surface area contributed by atoms with Gasteiger partial charge in [-0.1, -0.05) is 58.5 Å². The number of rotatable bonds is 3. The van der Waals surface area contributed by atoms with Crippen LogP contribution in [0, 0.1) is 11.3 Å². The van der Waals surface area contributed by atoms with Gasteiger partial charge >= 0.3 is 0 Å². The second kappa shape index (κ2) is 5.90. The van der Waals surface area contributed by atoms with Crippen molar-refractivity contribution in [1.29, 1.82) is 0 Å². The Bertz CT molecular complexity index is 344. The van der Waals surface area contributed by atoms with Crippen LogP contribution in [0.5, 0.6) is 0 Å². The van der Waals surface area contributed by atoms with Gasteiger partial charge in [-0.2, -0.15) is 0 Å². The van der Waals surface area contributed by atoms with Gasteiger partial charge in [0.05, 0.1) is 4.91 Å². The van der Waals surface area contributed by atoms with Gasteiger partial charge in [0.25, 0.3) is 0 Å². The molecule has 0 saturated carbocycles. The van der Waals surface area contributed by atoms with Crippen LogP contribution in [-0.2, 0) is 4.79 Å². The Morgan fingerprint density at radius 1 is 1.47 bits per heavy atom. The number of carbonyl (C=O) groups excluding carboxylic acids is 1. The van der Waals surface area contributed by atoms with Crippen molar-refractivity contribution < 1.29 is 4.79 Å². The lowest BCUT2D eigenvalue weighted by molar-refractivity contribution is -0.114. The number of carbonyl (C=O) groups is 1. The average molecular weight is 252 g/mol. The van der Waals surface area contributed by atoms with Gasteiger partial charge in [0.2, 0.25) is 0 Å². The molecule has 1 rings (SSSR count). The van der Waals surface area contributed by atoms with E-state index in [2.05, 4.69) is 46.8 Å². The standard InChI is InChI=1S/C15H24OS/c1-6-7-12(16)13-10-11(2)8-9-14(17-13)15(3,4)5/h9-11H,6-8H2,1-5H3. The molecule has 0 fully saturated rings. The second-order valence-electron chi connectivity index (χ2n) is 5.84. The fourth-order valence-corrected chi connectivity index (χ4v) is 3.01. The van der Waals surface area contributed by atoms with Gasteiger partial charge in [-0.25, -0.2) is 0 Å². The maximum Gasteiger partial charge on any atom is 0.169 e. The molecule has 1 aliphatic rings. The molecule has 0 saturated heterocycles. The third kappa shape index (κ3) is 4.34. The highest BCUT2D eigenvalue weighted by Crippen LogP contribution is 2.42. The van der Waals surface area contributed by atoms with E-state index in [0.717, 1.165) is 17.7 Å². The minimum absolute atomic E-state index is 0.139. The maximum atomic E-state index is 12.1. The van der Waals surface area contributed by atoms with Crippen LogP contribution in [0.15, 0.2) is 22.0 Å². The summed E-state index contributed by atoms with van der Waals surface area (Å²) >= 11 is 1.68. The number of ketones is 1. The van der Waals surface area contributed by atoms with Crippen LogP contribution in [0.1, 0.15) is 53.9 Å². The molecule has 0 radical (unpaired) electrons. The van der Waals surface area contributed by atoms with E-state index in [1.165, 1.54) is 4.91 Å². The van der Waals surface area contributed by atoms with Crippen LogP contribution in [0.3, 0.4) is 0 Å². The highest BCUT2D eigenvalue weighted by atomic mass is 32.2. The lowest BCUT2D eigenvalue weighted by Gasteiger charge is -2.22. The molecule has 1 unspecified atom stereocenters. The third-order valence-corrected chi connectivity index (χ3v) is 4.40. The lowest BCUT2D eigenvalue weighted by atomic mass is 9.94. The summed E-state index contributed by atoms with van der Waals surface area (Å²) in [7, 11) is 0. The Morgan fingerprint density at radius 2 is 2.12 bits per heavy atom. The van der Waals surface area contributed by atoms with Gasteiger partial charge in [0.15, 0.2) is 5.78 Å². The Kier molecular flexibility index (Phi) is 5.05. The summed E-state index contributed by atoms with van der Waals surface area (Å²) in [5, 5.41) is 0. The second-order valence-corrected chi connectivity index (χ2v) is 6.92. The number of Topliss-reactive ketones (excluding diaryl/α,β-unsaturated/α-hetero) is 1. The normalized spacial score (nSPS) is 21.6. The first-order valence-corrected chi connectivity index (χ1v) is 7.29. The van der Waals surface area contributed by atoms with Crippen molar-refractivity contribution >= 4 is 17.5 Å². The SMILES string of the molecule is CCCC(=O)C1=CC(C)CC=C(C(C)(C)C)S1. The quantitative estimate of drug-likeness (QED) is 0.707. The van der Waals surface area contributed by atoms with E-state index in [-0.39, 0.29) is 5.41 Å². The summed E-state index contributed by atoms with van der Waals surface area (Å²) < 4.78 is 0. The molecule has 96 valence electrons. The molecular formula is C15H24OS. The van der Waals surface area contributed by atoms with Crippen LogP contribution in [-0.4, -0.2) is 5.78 Å². The highest BCUT2D eigenvalue weighted by Gasteiger charge is 2.23. The van der Waals surface area contributed by atoms with Crippen molar-refractivity contribution in [3.8, 4) is 0 Å². The zero-order valence-electron chi connectivity index (χ0n) is 11.7. The molecule has 1 aliphatic heterocycles. The van der Waals surface area contributed by atoms with Crippen LogP contribution in [0.2, 0.25) is 0 Å². The first-order valence-electron chi connectivity index (χ1n) is 6.48. The van der Waals surface area contributed by atoms with E-state index in [1.807, 2.05) is 0 Å². The summed E-state index contributed by atoms with van der Waals surface area (Å²) in [6.45, 7) is 10.9. The fraction of sp³-hybridized carbons (Fsp3) is 0.667. The zero-order valence-corrected chi connectivity index (χ0v) is 12.5. The smallest absolute Gasteiger partial charge is 0.169 e. The average Bonchev–Trinajstić information content (AvgIpc) is 2.39.